The van der Waals surface area contributed by atoms with E-state index in [0.29, 0.717) is 0 Å². The molecule has 0 spiro atoms. The van der Waals surface area contributed by atoms with Gasteiger partial charge in [0.2, 0.25) is 0 Å². The average molecular weight is 344 g/mol. The molecule has 2 amide bonds. The number of carbonyl (C=O) groups excluding carboxylic acids is 1. The summed E-state index contributed by atoms with van der Waals surface area (Å²) in [5.74, 6) is 0. The first-order valence-corrected chi connectivity index (χ1v) is 9.12. The summed E-state index contributed by atoms with van der Waals surface area (Å²) in [6, 6.07) is 8.05. The van der Waals surface area contributed by atoms with Crippen LogP contribution in [-0.2, 0) is 5.41 Å². The van der Waals surface area contributed by atoms with Crippen LogP contribution in [-0.4, -0.2) is 30.1 Å². The number of nitrogens with zero attached hydrogens (tertiary/aromatic N) is 2. The molecule has 1 atom stereocenters. The van der Waals surface area contributed by atoms with Crippen molar-refractivity contribution >= 4 is 28.2 Å². The lowest BCUT2D eigenvalue weighted by Crippen LogP contribution is -2.39. The van der Waals surface area contributed by atoms with Crippen molar-refractivity contribution in [1.29, 1.82) is 0 Å². The van der Waals surface area contributed by atoms with Crippen LogP contribution in [0.2, 0.25) is 0 Å². The van der Waals surface area contributed by atoms with Crippen molar-refractivity contribution in [3.8, 4) is 0 Å². The Bertz CT molecular complexity index is 676. The van der Waals surface area contributed by atoms with Gasteiger partial charge in [0.1, 0.15) is 0 Å². The van der Waals surface area contributed by atoms with Crippen molar-refractivity contribution in [2.24, 2.45) is 0 Å². The van der Waals surface area contributed by atoms with Crippen LogP contribution in [0.4, 0.5) is 15.6 Å². The third kappa shape index (κ3) is 4.06. The molecule has 1 aliphatic rings. The van der Waals surface area contributed by atoms with E-state index >= 15 is 0 Å². The molecule has 0 bridgehead atoms. The zero-order valence-corrected chi connectivity index (χ0v) is 15.2. The fourth-order valence-electron chi connectivity index (χ4n) is 2.83. The van der Waals surface area contributed by atoms with E-state index in [2.05, 4.69) is 53.4 Å². The lowest BCUT2D eigenvalue weighted by Gasteiger charge is -2.19. The van der Waals surface area contributed by atoms with Crippen molar-refractivity contribution in [1.82, 2.24) is 10.3 Å². The number of nitrogens with one attached hydrogen (secondary N) is 2. The van der Waals surface area contributed by atoms with Crippen LogP contribution in [0.25, 0.3) is 0 Å². The first kappa shape index (κ1) is 16.8. The summed E-state index contributed by atoms with van der Waals surface area (Å²) in [5.41, 5.74) is 2.18. The summed E-state index contributed by atoms with van der Waals surface area (Å²) in [7, 11) is 0. The van der Waals surface area contributed by atoms with E-state index in [1.807, 2.05) is 23.7 Å². The number of amides is 2. The summed E-state index contributed by atoms with van der Waals surface area (Å²) in [6.45, 7) is 8.27. The minimum absolute atomic E-state index is 0.115. The second-order valence-corrected chi connectivity index (χ2v) is 8.05. The fourth-order valence-corrected chi connectivity index (χ4v) is 3.51. The standard InChI is InChI=1S/C18H24N4OS/c1-18(2,3)13-4-6-14(7-5-13)20-16(23)21-15-8-10-22(12-15)17-19-9-11-24-17/h4-7,9,11,15H,8,10,12H2,1-3H3,(H2,20,21,23). The van der Waals surface area contributed by atoms with Crippen LogP contribution in [0.1, 0.15) is 32.8 Å². The SMILES string of the molecule is CC(C)(C)c1ccc(NC(=O)NC2CCN(c3nccs3)C2)cc1. The monoisotopic (exact) mass is 344 g/mol. The van der Waals surface area contributed by atoms with Gasteiger partial charge in [0.25, 0.3) is 0 Å². The van der Waals surface area contributed by atoms with Gasteiger partial charge in [-0.2, -0.15) is 0 Å². The summed E-state index contributed by atoms with van der Waals surface area (Å²) in [5, 5.41) is 8.97. The van der Waals surface area contributed by atoms with Gasteiger partial charge in [0.05, 0.1) is 0 Å². The highest BCUT2D eigenvalue weighted by Gasteiger charge is 2.25. The maximum absolute atomic E-state index is 12.2. The molecular formula is C18H24N4OS. The van der Waals surface area contributed by atoms with Crippen molar-refractivity contribution in [3.63, 3.8) is 0 Å². The van der Waals surface area contributed by atoms with Gasteiger partial charge < -0.3 is 15.5 Å². The number of thiazole rings is 1. The van der Waals surface area contributed by atoms with E-state index in [1.54, 1.807) is 11.3 Å². The molecule has 1 aromatic carbocycles. The van der Waals surface area contributed by atoms with Crippen molar-refractivity contribution in [2.75, 3.05) is 23.3 Å². The first-order valence-electron chi connectivity index (χ1n) is 8.24. The minimum atomic E-state index is -0.149. The number of aromatic nitrogens is 1. The number of hydrogen-bond donors (Lipinski definition) is 2. The van der Waals surface area contributed by atoms with E-state index in [-0.39, 0.29) is 17.5 Å². The summed E-state index contributed by atoms with van der Waals surface area (Å²) in [4.78, 5) is 18.7. The molecule has 128 valence electrons. The number of carbonyl (C=O) groups is 1. The first-order chi connectivity index (χ1) is 11.4. The highest BCUT2D eigenvalue weighted by atomic mass is 32.1. The summed E-state index contributed by atoms with van der Waals surface area (Å²) in [6.07, 6.45) is 2.75. The molecule has 6 heteroatoms. The summed E-state index contributed by atoms with van der Waals surface area (Å²) >= 11 is 1.63. The van der Waals surface area contributed by atoms with E-state index < -0.39 is 0 Å². The Hall–Kier alpha value is -2.08. The van der Waals surface area contributed by atoms with Gasteiger partial charge in [-0.15, -0.1) is 11.3 Å². The predicted molar refractivity (Wildman–Crippen MR) is 100 cm³/mol. The van der Waals surface area contributed by atoms with Crippen molar-refractivity contribution in [2.45, 2.75) is 38.6 Å². The topological polar surface area (TPSA) is 57.3 Å². The molecule has 0 saturated carbocycles. The molecular weight excluding hydrogens is 320 g/mol. The zero-order chi connectivity index (χ0) is 17.2. The molecule has 1 unspecified atom stereocenters. The van der Waals surface area contributed by atoms with Crippen LogP contribution < -0.4 is 15.5 Å². The Morgan fingerprint density at radius 1 is 1.29 bits per heavy atom. The zero-order valence-electron chi connectivity index (χ0n) is 14.4. The Morgan fingerprint density at radius 2 is 2.04 bits per heavy atom. The van der Waals surface area contributed by atoms with Crippen molar-refractivity contribution < 1.29 is 4.79 Å². The highest BCUT2D eigenvalue weighted by Crippen LogP contribution is 2.24. The number of anilines is 2. The van der Waals surface area contributed by atoms with Crippen LogP contribution >= 0.6 is 11.3 Å². The van der Waals surface area contributed by atoms with Crippen LogP contribution in [0, 0.1) is 0 Å². The molecule has 2 N–H and O–H groups in total. The van der Waals surface area contributed by atoms with E-state index in [1.165, 1.54) is 5.56 Å². The fraction of sp³-hybridized carbons (Fsp3) is 0.444. The molecule has 1 aromatic heterocycles. The summed E-state index contributed by atoms with van der Waals surface area (Å²) < 4.78 is 0. The van der Waals surface area contributed by atoms with Gasteiger partial charge in [-0.3, -0.25) is 0 Å². The lowest BCUT2D eigenvalue weighted by atomic mass is 9.87. The Balaban J connectivity index is 1.51. The maximum Gasteiger partial charge on any atom is 0.319 e. The second-order valence-electron chi connectivity index (χ2n) is 7.17. The molecule has 1 fully saturated rings. The van der Waals surface area contributed by atoms with Crippen LogP contribution in [0.5, 0.6) is 0 Å². The van der Waals surface area contributed by atoms with E-state index in [4.69, 9.17) is 0 Å². The molecule has 1 aliphatic heterocycles. The van der Waals surface area contributed by atoms with Gasteiger partial charge in [0, 0.05) is 36.4 Å². The van der Waals surface area contributed by atoms with Crippen LogP contribution in [0.15, 0.2) is 35.8 Å². The van der Waals surface area contributed by atoms with Gasteiger partial charge in [-0.1, -0.05) is 32.9 Å². The number of hydrogen-bond acceptors (Lipinski definition) is 4. The smallest absolute Gasteiger partial charge is 0.319 e. The Morgan fingerprint density at radius 3 is 2.67 bits per heavy atom. The Labute approximate surface area is 147 Å². The largest absolute Gasteiger partial charge is 0.346 e. The van der Waals surface area contributed by atoms with Gasteiger partial charge in [-0.25, -0.2) is 9.78 Å². The van der Waals surface area contributed by atoms with E-state index in [9.17, 15) is 4.79 Å². The molecule has 3 rings (SSSR count). The molecule has 2 heterocycles. The van der Waals surface area contributed by atoms with Gasteiger partial charge in [0.15, 0.2) is 5.13 Å². The molecule has 0 aliphatic carbocycles. The van der Waals surface area contributed by atoms with Gasteiger partial charge in [-0.05, 0) is 29.5 Å². The number of urea groups is 1. The number of benzene rings is 1. The van der Waals surface area contributed by atoms with Gasteiger partial charge >= 0.3 is 6.03 Å². The third-order valence-corrected chi connectivity index (χ3v) is 5.05. The maximum atomic E-state index is 12.2. The number of rotatable bonds is 3. The predicted octanol–water partition coefficient (Wildman–Crippen LogP) is 3.84. The third-order valence-electron chi connectivity index (χ3n) is 4.22. The highest BCUT2D eigenvalue weighted by molar-refractivity contribution is 7.13. The molecule has 5 nitrogen and oxygen atoms in total. The molecule has 1 saturated heterocycles. The van der Waals surface area contributed by atoms with Crippen LogP contribution in [0.3, 0.4) is 0 Å². The lowest BCUT2D eigenvalue weighted by molar-refractivity contribution is 0.249. The minimum Gasteiger partial charge on any atom is -0.346 e. The van der Waals surface area contributed by atoms with Crippen molar-refractivity contribution in [3.05, 3.63) is 41.4 Å². The molecule has 24 heavy (non-hydrogen) atoms. The second kappa shape index (κ2) is 6.81. The molecule has 2 aromatic rings. The Kier molecular flexibility index (Phi) is 4.76. The average Bonchev–Trinajstić information content (AvgIpc) is 3.17. The quantitative estimate of drug-likeness (QED) is 0.889. The normalized spacial score (nSPS) is 17.8. The van der Waals surface area contributed by atoms with E-state index in [0.717, 1.165) is 30.3 Å². The molecule has 0 radical (unpaired) electrons.